The van der Waals surface area contributed by atoms with Gasteiger partial charge in [-0.15, -0.1) is 0 Å². The average Bonchev–Trinajstić information content (AvgIpc) is 2.74. The molecular formula is C12H20N2O. The van der Waals surface area contributed by atoms with Gasteiger partial charge >= 0.3 is 0 Å². The standard InChI is InChI=1S/C12H16N2O.2H2/c1-9-5-2-3-6-10(9)14-12(15)11-7-4-8-13-11;;/h2-3,5-6,11,13H,4,7-8H2,1H3,(H,14,15);2*1H. The molecular weight excluding hydrogens is 188 g/mol. The Balaban J connectivity index is 0.00000128. The molecule has 2 N–H and O–H groups in total. The lowest BCUT2D eigenvalue weighted by Crippen LogP contribution is -2.35. The largest absolute Gasteiger partial charge is 0.324 e. The molecule has 0 bridgehead atoms. The Morgan fingerprint density at radius 1 is 1.53 bits per heavy atom. The minimum Gasteiger partial charge on any atom is -0.324 e. The molecule has 1 saturated heterocycles. The first kappa shape index (κ1) is 10.2. The third kappa shape index (κ3) is 2.36. The third-order valence-electron chi connectivity index (χ3n) is 2.78. The summed E-state index contributed by atoms with van der Waals surface area (Å²) in [7, 11) is 0. The molecule has 0 aliphatic carbocycles. The third-order valence-corrected chi connectivity index (χ3v) is 2.78. The van der Waals surface area contributed by atoms with E-state index in [2.05, 4.69) is 10.6 Å². The molecule has 0 radical (unpaired) electrons. The monoisotopic (exact) mass is 208 g/mol. The summed E-state index contributed by atoms with van der Waals surface area (Å²) in [5, 5.41) is 6.13. The van der Waals surface area contributed by atoms with Crippen molar-refractivity contribution in [2.24, 2.45) is 0 Å². The van der Waals surface area contributed by atoms with E-state index in [-0.39, 0.29) is 14.8 Å². The van der Waals surface area contributed by atoms with Gasteiger partial charge in [-0.2, -0.15) is 0 Å². The van der Waals surface area contributed by atoms with Crippen LogP contribution in [-0.4, -0.2) is 18.5 Å². The molecule has 0 spiro atoms. The molecule has 1 aliphatic rings. The second kappa shape index (κ2) is 4.45. The van der Waals surface area contributed by atoms with E-state index in [4.69, 9.17) is 0 Å². The molecule has 3 heteroatoms. The Labute approximate surface area is 92.8 Å². The van der Waals surface area contributed by atoms with Gasteiger partial charge in [-0.3, -0.25) is 4.79 Å². The van der Waals surface area contributed by atoms with Crippen molar-refractivity contribution < 1.29 is 7.65 Å². The summed E-state index contributed by atoms with van der Waals surface area (Å²) in [5.41, 5.74) is 2.01. The van der Waals surface area contributed by atoms with Crippen LogP contribution in [0.2, 0.25) is 0 Å². The Kier molecular flexibility index (Phi) is 3.02. The lowest BCUT2D eigenvalue weighted by molar-refractivity contribution is -0.117. The molecule has 1 unspecified atom stereocenters. The maximum atomic E-state index is 11.8. The van der Waals surface area contributed by atoms with Crippen molar-refractivity contribution in [2.45, 2.75) is 25.8 Å². The number of aryl methyl sites for hydroxylation is 1. The molecule has 15 heavy (non-hydrogen) atoms. The van der Waals surface area contributed by atoms with E-state index in [1.165, 1.54) is 0 Å². The van der Waals surface area contributed by atoms with Crippen molar-refractivity contribution in [1.29, 1.82) is 0 Å². The van der Waals surface area contributed by atoms with Crippen LogP contribution >= 0.6 is 0 Å². The zero-order valence-electron chi connectivity index (χ0n) is 8.92. The van der Waals surface area contributed by atoms with Crippen LogP contribution < -0.4 is 10.6 Å². The summed E-state index contributed by atoms with van der Waals surface area (Å²) in [6.07, 6.45) is 2.03. The minimum atomic E-state index is -0.00962. The highest BCUT2D eigenvalue weighted by Gasteiger charge is 2.21. The molecule has 1 atom stereocenters. The van der Waals surface area contributed by atoms with Crippen LogP contribution in [0.5, 0.6) is 0 Å². The average molecular weight is 208 g/mol. The minimum absolute atomic E-state index is 0. The van der Waals surface area contributed by atoms with Crippen LogP contribution in [0.25, 0.3) is 0 Å². The molecule has 84 valence electrons. The van der Waals surface area contributed by atoms with E-state index in [0.29, 0.717) is 0 Å². The molecule has 1 heterocycles. The molecule has 1 aromatic carbocycles. The van der Waals surface area contributed by atoms with Gasteiger partial charge in [0.1, 0.15) is 0 Å². The van der Waals surface area contributed by atoms with Crippen LogP contribution in [0, 0.1) is 6.92 Å². The highest BCUT2D eigenvalue weighted by Crippen LogP contribution is 2.15. The number of rotatable bonds is 2. The Hall–Kier alpha value is -1.35. The van der Waals surface area contributed by atoms with Crippen molar-refractivity contribution in [3.05, 3.63) is 29.8 Å². The summed E-state index contributed by atoms with van der Waals surface area (Å²) in [5.74, 6) is 0.0850. The Morgan fingerprint density at radius 2 is 2.33 bits per heavy atom. The summed E-state index contributed by atoms with van der Waals surface area (Å²) in [6, 6.07) is 7.83. The number of anilines is 1. The number of hydrogen-bond acceptors (Lipinski definition) is 2. The predicted molar refractivity (Wildman–Crippen MR) is 65.1 cm³/mol. The van der Waals surface area contributed by atoms with Gasteiger partial charge in [0, 0.05) is 8.54 Å². The van der Waals surface area contributed by atoms with Gasteiger partial charge in [0.05, 0.1) is 6.04 Å². The van der Waals surface area contributed by atoms with E-state index in [9.17, 15) is 4.79 Å². The lowest BCUT2D eigenvalue weighted by Gasteiger charge is -2.12. The second-order valence-corrected chi connectivity index (χ2v) is 3.95. The van der Waals surface area contributed by atoms with Gasteiger partial charge in [0.25, 0.3) is 0 Å². The fourth-order valence-corrected chi connectivity index (χ4v) is 1.84. The van der Waals surface area contributed by atoms with Gasteiger partial charge in [-0.25, -0.2) is 0 Å². The highest BCUT2D eigenvalue weighted by molar-refractivity contribution is 5.95. The topological polar surface area (TPSA) is 41.1 Å². The van der Waals surface area contributed by atoms with Crippen molar-refractivity contribution in [3.8, 4) is 0 Å². The van der Waals surface area contributed by atoms with Gasteiger partial charge in [-0.1, -0.05) is 18.2 Å². The Morgan fingerprint density at radius 3 is 3.00 bits per heavy atom. The maximum Gasteiger partial charge on any atom is 0.241 e. The number of hydrogen-bond donors (Lipinski definition) is 2. The van der Waals surface area contributed by atoms with E-state index < -0.39 is 0 Å². The maximum absolute atomic E-state index is 11.8. The van der Waals surface area contributed by atoms with E-state index in [1.54, 1.807) is 0 Å². The van der Waals surface area contributed by atoms with Crippen molar-refractivity contribution in [2.75, 3.05) is 11.9 Å². The summed E-state index contributed by atoms with van der Waals surface area (Å²) >= 11 is 0. The molecule has 1 fully saturated rings. The summed E-state index contributed by atoms with van der Waals surface area (Å²) in [6.45, 7) is 2.95. The molecule has 1 amide bonds. The zero-order valence-corrected chi connectivity index (χ0v) is 8.92. The molecule has 3 nitrogen and oxygen atoms in total. The van der Waals surface area contributed by atoms with Gasteiger partial charge in [0.2, 0.25) is 5.91 Å². The smallest absolute Gasteiger partial charge is 0.241 e. The van der Waals surface area contributed by atoms with Crippen LogP contribution in [0.4, 0.5) is 5.69 Å². The predicted octanol–water partition coefficient (Wildman–Crippen LogP) is 2.18. The van der Waals surface area contributed by atoms with Gasteiger partial charge in [0.15, 0.2) is 0 Å². The number of carbonyl (C=O) groups excluding carboxylic acids is 1. The van der Waals surface area contributed by atoms with Gasteiger partial charge in [-0.05, 0) is 37.9 Å². The van der Waals surface area contributed by atoms with Crippen LogP contribution in [0.3, 0.4) is 0 Å². The zero-order chi connectivity index (χ0) is 10.7. The fraction of sp³-hybridized carbons (Fsp3) is 0.417. The van der Waals surface area contributed by atoms with Crippen LogP contribution in [0.1, 0.15) is 21.3 Å². The molecule has 1 aromatic rings. The van der Waals surface area contributed by atoms with E-state index >= 15 is 0 Å². The molecule has 0 saturated carbocycles. The lowest BCUT2D eigenvalue weighted by atomic mass is 10.1. The number of carbonyl (C=O) groups is 1. The first-order valence-corrected chi connectivity index (χ1v) is 5.37. The van der Waals surface area contributed by atoms with Crippen molar-refractivity contribution >= 4 is 11.6 Å². The summed E-state index contributed by atoms with van der Waals surface area (Å²) < 4.78 is 0. The van der Waals surface area contributed by atoms with Crippen molar-refractivity contribution in [3.63, 3.8) is 0 Å². The number of nitrogens with one attached hydrogen (secondary N) is 2. The highest BCUT2D eigenvalue weighted by atomic mass is 16.2. The van der Waals surface area contributed by atoms with Crippen molar-refractivity contribution in [1.82, 2.24) is 5.32 Å². The SMILES string of the molecule is Cc1ccccc1NC(=O)C1CCCN1.[HH].[HH]. The summed E-state index contributed by atoms with van der Waals surface area (Å²) in [4.78, 5) is 11.8. The second-order valence-electron chi connectivity index (χ2n) is 3.95. The van der Waals surface area contributed by atoms with E-state index in [1.807, 2.05) is 31.2 Å². The van der Waals surface area contributed by atoms with Gasteiger partial charge < -0.3 is 10.6 Å². The Bertz CT molecular complexity index is 365. The first-order chi connectivity index (χ1) is 7.27. The molecule has 2 rings (SSSR count). The molecule has 0 aromatic heterocycles. The number of para-hydroxylation sites is 1. The first-order valence-electron chi connectivity index (χ1n) is 5.37. The number of amides is 1. The fourth-order valence-electron chi connectivity index (χ4n) is 1.84. The van der Waals surface area contributed by atoms with E-state index in [0.717, 1.165) is 30.6 Å². The number of benzene rings is 1. The quantitative estimate of drug-likeness (QED) is 0.782. The van der Waals surface area contributed by atoms with Crippen LogP contribution in [-0.2, 0) is 4.79 Å². The van der Waals surface area contributed by atoms with Crippen LogP contribution in [0.15, 0.2) is 24.3 Å². The normalized spacial score (nSPS) is 20.2. The molecule has 1 aliphatic heterocycles.